The van der Waals surface area contributed by atoms with Crippen LogP contribution >= 0.6 is 0 Å². The lowest BCUT2D eigenvalue weighted by molar-refractivity contribution is -0.139. The lowest BCUT2D eigenvalue weighted by Crippen LogP contribution is -2.53. The molecule has 7 nitrogen and oxygen atoms in total. The Kier molecular flexibility index (Phi) is 9.81. The number of hydrogen-bond acceptors (Lipinski definition) is 4. The Balaban J connectivity index is 1.68. The van der Waals surface area contributed by atoms with Crippen LogP contribution in [0.5, 0.6) is 0 Å². The minimum absolute atomic E-state index is 0.0183. The molecule has 1 saturated carbocycles. The van der Waals surface area contributed by atoms with E-state index in [2.05, 4.69) is 5.32 Å². The topological polar surface area (TPSA) is 86.8 Å². The fourth-order valence-corrected chi connectivity index (χ4v) is 6.70. The number of aryl methyl sites for hydroxylation is 2. The maximum absolute atomic E-state index is 14.0. The van der Waals surface area contributed by atoms with Gasteiger partial charge in [-0.1, -0.05) is 55.7 Å². The molecule has 1 N–H and O–H groups in total. The number of sulfonamides is 1. The van der Waals surface area contributed by atoms with E-state index in [0.717, 1.165) is 47.5 Å². The van der Waals surface area contributed by atoms with E-state index in [-0.39, 0.29) is 23.4 Å². The van der Waals surface area contributed by atoms with E-state index in [0.29, 0.717) is 11.3 Å². The van der Waals surface area contributed by atoms with E-state index in [4.69, 9.17) is 0 Å². The SMILES string of the molecule is Cc1cc(C)cc(N(CC(=O)N(Cc2ccc(F)cc2)[C@H](C)C(=O)NC2CCCCC2)S(=O)(=O)c2ccccc2)c1. The molecular weight excluding hydrogens is 541 g/mol. The van der Waals surface area contributed by atoms with Crippen LogP contribution in [0, 0.1) is 19.7 Å². The number of carbonyl (C=O) groups excluding carboxylic acids is 2. The standard InChI is InChI=1S/C32H38FN3O4S/c1-23-18-24(2)20-29(19-23)36(41(39,40)30-12-8-5-9-13-30)22-31(37)35(21-26-14-16-27(33)17-15-26)25(3)32(38)34-28-10-6-4-7-11-28/h5,8-9,12-20,25,28H,4,6-7,10-11,21-22H2,1-3H3,(H,34,38)/t25-/m1/s1. The first-order chi connectivity index (χ1) is 19.5. The molecule has 4 rings (SSSR count). The Morgan fingerprint density at radius 1 is 0.927 bits per heavy atom. The zero-order chi connectivity index (χ0) is 29.6. The van der Waals surface area contributed by atoms with Gasteiger partial charge < -0.3 is 10.2 Å². The molecule has 0 heterocycles. The molecule has 3 aromatic rings. The first kappa shape index (κ1) is 30.2. The van der Waals surface area contributed by atoms with Gasteiger partial charge in [0.2, 0.25) is 11.8 Å². The van der Waals surface area contributed by atoms with Crippen LogP contribution in [0.3, 0.4) is 0 Å². The summed E-state index contributed by atoms with van der Waals surface area (Å²) in [5.41, 5.74) is 2.69. The van der Waals surface area contributed by atoms with Crippen LogP contribution in [0.1, 0.15) is 55.7 Å². The molecule has 1 aliphatic carbocycles. The van der Waals surface area contributed by atoms with Crippen LogP contribution in [0.25, 0.3) is 0 Å². The molecule has 0 saturated heterocycles. The van der Waals surface area contributed by atoms with E-state index in [9.17, 15) is 22.4 Å². The molecule has 218 valence electrons. The second-order valence-corrected chi connectivity index (χ2v) is 12.7. The van der Waals surface area contributed by atoms with Crippen molar-refractivity contribution in [2.75, 3.05) is 10.8 Å². The highest BCUT2D eigenvalue weighted by molar-refractivity contribution is 7.92. The van der Waals surface area contributed by atoms with Crippen LogP contribution in [0.2, 0.25) is 0 Å². The number of rotatable bonds is 10. The van der Waals surface area contributed by atoms with Gasteiger partial charge in [0.1, 0.15) is 18.4 Å². The molecule has 0 bridgehead atoms. The smallest absolute Gasteiger partial charge is 0.264 e. The van der Waals surface area contributed by atoms with Crippen molar-refractivity contribution >= 4 is 27.5 Å². The third-order valence-corrected chi connectivity index (χ3v) is 9.28. The van der Waals surface area contributed by atoms with Crippen molar-refractivity contribution in [2.45, 2.75) is 76.4 Å². The summed E-state index contributed by atoms with van der Waals surface area (Å²) in [6, 6.07) is 18.2. The monoisotopic (exact) mass is 579 g/mol. The van der Waals surface area contributed by atoms with E-state index in [1.54, 1.807) is 49.4 Å². The molecule has 0 aromatic heterocycles. The molecule has 1 atom stereocenters. The fraction of sp³-hybridized carbons (Fsp3) is 0.375. The summed E-state index contributed by atoms with van der Waals surface area (Å²) < 4.78 is 42.6. The summed E-state index contributed by atoms with van der Waals surface area (Å²) >= 11 is 0. The average Bonchev–Trinajstić information content (AvgIpc) is 2.95. The Morgan fingerprint density at radius 2 is 1.54 bits per heavy atom. The van der Waals surface area contributed by atoms with Crippen molar-refractivity contribution in [2.24, 2.45) is 0 Å². The number of benzene rings is 3. The summed E-state index contributed by atoms with van der Waals surface area (Å²) in [4.78, 5) is 28.9. The second-order valence-electron chi connectivity index (χ2n) is 10.8. The zero-order valence-electron chi connectivity index (χ0n) is 23.8. The molecule has 0 aliphatic heterocycles. The van der Waals surface area contributed by atoms with Crippen LogP contribution in [0.4, 0.5) is 10.1 Å². The van der Waals surface area contributed by atoms with Crippen molar-refractivity contribution in [1.82, 2.24) is 10.2 Å². The third-order valence-electron chi connectivity index (χ3n) is 7.49. The lowest BCUT2D eigenvalue weighted by Gasteiger charge is -2.33. The van der Waals surface area contributed by atoms with E-state index in [1.165, 1.54) is 29.2 Å². The quantitative estimate of drug-likeness (QED) is 0.344. The summed E-state index contributed by atoms with van der Waals surface area (Å²) in [7, 11) is -4.13. The van der Waals surface area contributed by atoms with Gasteiger partial charge in [0.15, 0.2) is 0 Å². The van der Waals surface area contributed by atoms with Crippen molar-refractivity contribution in [3.8, 4) is 0 Å². The Morgan fingerprint density at radius 3 is 2.15 bits per heavy atom. The van der Waals surface area contributed by atoms with Gasteiger partial charge in [0.05, 0.1) is 10.6 Å². The van der Waals surface area contributed by atoms with Crippen molar-refractivity contribution in [3.63, 3.8) is 0 Å². The Bertz CT molecular complexity index is 1440. The van der Waals surface area contributed by atoms with Gasteiger partial charge in [-0.05, 0) is 86.7 Å². The highest BCUT2D eigenvalue weighted by Gasteiger charge is 2.33. The highest BCUT2D eigenvalue weighted by Crippen LogP contribution is 2.27. The van der Waals surface area contributed by atoms with Gasteiger partial charge in [-0.25, -0.2) is 12.8 Å². The predicted molar refractivity (Wildman–Crippen MR) is 158 cm³/mol. The van der Waals surface area contributed by atoms with Gasteiger partial charge in [-0.3, -0.25) is 13.9 Å². The number of nitrogens with zero attached hydrogens (tertiary/aromatic N) is 2. The van der Waals surface area contributed by atoms with Crippen molar-refractivity contribution in [3.05, 3.63) is 95.3 Å². The third kappa shape index (κ3) is 7.73. The molecule has 3 aromatic carbocycles. The number of hydrogen-bond donors (Lipinski definition) is 1. The maximum Gasteiger partial charge on any atom is 0.264 e. The van der Waals surface area contributed by atoms with Gasteiger partial charge >= 0.3 is 0 Å². The van der Waals surface area contributed by atoms with Gasteiger partial charge in [0, 0.05) is 12.6 Å². The molecule has 2 amide bonds. The van der Waals surface area contributed by atoms with Gasteiger partial charge in [-0.2, -0.15) is 0 Å². The Hall–Kier alpha value is -3.72. The second kappa shape index (κ2) is 13.3. The molecule has 1 fully saturated rings. The number of carbonyl (C=O) groups is 2. The zero-order valence-corrected chi connectivity index (χ0v) is 24.7. The molecular formula is C32H38FN3O4S. The van der Waals surface area contributed by atoms with Crippen LogP contribution in [0.15, 0.2) is 77.7 Å². The number of nitrogens with one attached hydrogen (secondary N) is 1. The normalized spacial score (nSPS) is 14.7. The maximum atomic E-state index is 14.0. The minimum atomic E-state index is -4.13. The number of anilines is 1. The molecule has 1 aliphatic rings. The number of amides is 2. The summed E-state index contributed by atoms with van der Waals surface area (Å²) in [6.45, 7) is 4.88. The highest BCUT2D eigenvalue weighted by atomic mass is 32.2. The Labute approximate surface area is 242 Å². The van der Waals surface area contributed by atoms with Crippen LogP contribution in [-0.4, -0.2) is 43.8 Å². The lowest BCUT2D eigenvalue weighted by atomic mass is 9.95. The van der Waals surface area contributed by atoms with Crippen LogP contribution in [-0.2, 0) is 26.2 Å². The van der Waals surface area contributed by atoms with Gasteiger partial charge in [-0.15, -0.1) is 0 Å². The van der Waals surface area contributed by atoms with Crippen molar-refractivity contribution < 1.29 is 22.4 Å². The van der Waals surface area contributed by atoms with Crippen molar-refractivity contribution in [1.29, 1.82) is 0 Å². The van der Waals surface area contributed by atoms with E-state index in [1.807, 2.05) is 19.9 Å². The van der Waals surface area contributed by atoms with E-state index >= 15 is 0 Å². The molecule has 0 radical (unpaired) electrons. The van der Waals surface area contributed by atoms with Gasteiger partial charge in [0.25, 0.3) is 10.0 Å². The minimum Gasteiger partial charge on any atom is -0.352 e. The van der Waals surface area contributed by atoms with Crippen LogP contribution < -0.4 is 9.62 Å². The first-order valence-electron chi connectivity index (χ1n) is 14.0. The predicted octanol–water partition coefficient (Wildman–Crippen LogP) is 5.50. The first-order valence-corrected chi connectivity index (χ1v) is 15.5. The molecule has 9 heteroatoms. The fourth-order valence-electron chi connectivity index (χ4n) is 5.28. The van der Waals surface area contributed by atoms with E-state index < -0.39 is 34.3 Å². The molecule has 0 spiro atoms. The summed E-state index contributed by atoms with van der Waals surface area (Å²) in [5.74, 6) is -1.25. The largest absolute Gasteiger partial charge is 0.352 e. The molecule has 0 unspecified atom stereocenters. The summed E-state index contributed by atoms with van der Waals surface area (Å²) in [6.07, 6.45) is 5.00. The summed E-state index contributed by atoms with van der Waals surface area (Å²) in [5, 5.41) is 3.08. The molecule has 41 heavy (non-hydrogen) atoms. The number of halogens is 1. The average molecular weight is 580 g/mol.